The van der Waals surface area contributed by atoms with E-state index in [0.717, 1.165) is 10.6 Å². The van der Waals surface area contributed by atoms with Crippen LogP contribution in [-0.2, 0) is 11.2 Å². The Morgan fingerprint density at radius 3 is 2.65 bits per heavy atom. The second kappa shape index (κ2) is 9.21. The lowest BCUT2D eigenvalue weighted by Crippen LogP contribution is -2.24. The van der Waals surface area contributed by atoms with Crippen LogP contribution in [0.1, 0.15) is 33.1 Å². The Balaban J connectivity index is 1.38. The second-order valence-corrected chi connectivity index (χ2v) is 7.56. The van der Waals surface area contributed by atoms with Crippen molar-refractivity contribution in [3.63, 3.8) is 0 Å². The predicted molar refractivity (Wildman–Crippen MR) is 104 cm³/mol. The van der Waals surface area contributed by atoms with Crippen LogP contribution < -0.4 is 10.6 Å². The molecule has 8 heteroatoms. The molecule has 2 N–H and O–H groups in total. The third-order valence-electron chi connectivity index (χ3n) is 3.52. The smallest absolute Gasteiger partial charge is 0.261 e. The molecule has 0 unspecified atom stereocenters. The van der Waals surface area contributed by atoms with Crippen LogP contribution in [-0.4, -0.2) is 28.6 Å². The van der Waals surface area contributed by atoms with Gasteiger partial charge in [0.05, 0.1) is 4.88 Å². The maximum Gasteiger partial charge on any atom is 0.261 e. The molecule has 0 fully saturated rings. The molecule has 3 rings (SSSR count). The van der Waals surface area contributed by atoms with Gasteiger partial charge in [0.2, 0.25) is 11.0 Å². The monoisotopic (exact) mass is 386 g/mol. The Kier molecular flexibility index (Phi) is 6.45. The van der Waals surface area contributed by atoms with Crippen LogP contribution in [0.4, 0.5) is 5.13 Å². The molecule has 0 spiro atoms. The summed E-state index contributed by atoms with van der Waals surface area (Å²) in [7, 11) is 0. The van der Waals surface area contributed by atoms with Gasteiger partial charge in [0, 0.05) is 19.4 Å². The fourth-order valence-electron chi connectivity index (χ4n) is 2.27. The van der Waals surface area contributed by atoms with E-state index in [4.69, 9.17) is 0 Å². The van der Waals surface area contributed by atoms with Crippen molar-refractivity contribution in [1.82, 2.24) is 15.5 Å². The van der Waals surface area contributed by atoms with E-state index in [-0.39, 0.29) is 11.8 Å². The third-order valence-corrected chi connectivity index (χ3v) is 5.23. The first-order valence-electron chi connectivity index (χ1n) is 8.18. The van der Waals surface area contributed by atoms with Gasteiger partial charge >= 0.3 is 0 Å². The number of thiophene rings is 1. The summed E-state index contributed by atoms with van der Waals surface area (Å²) in [5.41, 5.74) is 1.16. The first kappa shape index (κ1) is 18.2. The number of hydrogen-bond donors (Lipinski definition) is 2. The van der Waals surface area contributed by atoms with Gasteiger partial charge in [-0.2, -0.15) is 0 Å². The van der Waals surface area contributed by atoms with Crippen molar-refractivity contribution in [2.45, 2.75) is 19.3 Å². The van der Waals surface area contributed by atoms with Crippen molar-refractivity contribution in [2.75, 3.05) is 11.9 Å². The normalized spacial score (nSPS) is 10.5. The second-order valence-electron chi connectivity index (χ2n) is 5.55. The molecule has 0 saturated heterocycles. The van der Waals surface area contributed by atoms with Crippen molar-refractivity contribution < 1.29 is 9.59 Å². The molecule has 0 atom stereocenters. The van der Waals surface area contributed by atoms with E-state index in [1.807, 2.05) is 41.8 Å². The number of nitrogens with zero attached hydrogens (tertiary/aromatic N) is 2. The molecule has 2 aromatic heterocycles. The number of nitrogens with one attached hydrogen (secondary N) is 2. The van der Waals surface area contributed by atoms with Crippen molar-refractivity contribution in [1.29, 1.82) is 0 Å². The molecule has 6 nitrogen and oxygen atoms in total. The maximum atomic E-state index is 12.0. The van der Waals surface area contributed by atoms with E-state index in [0.29, 0.717) is 35.8 Å². The first-order chi connectivity index (χ1) is 12.7. The third kappa shape index (κ3) is 5.47. The van der Waals surface area contributed by atoms with Crippen molar-refractivity contribution >= 4 is 39.6 Å². The zero-order valence-electron chi connectivity index (χ0n) is 14.0. The minimum atomic E-state index is -0.127. The number of benzene rings is 1. The summed E-state index contributed by atoms with van der Waals surface area (Å²) in [6.07, 6.45) is 1.58. The Hall–Kier alpha value is -2.58. The fraction of sp³-hybridized carbons (Fsp3) is 0.222. The zero-order chi connectivity index (χ0) is 18.2. The van der Waals surface area contributed by atoms with Gasteiger partial charge in [-0.05, 0) is 23.4 Å². The van der Waals surface area contributed by atoms with E-state index in [1.54, 1.807) is 6.07 Å². The Morgan fingerprint density at radius 1 is 1.04 bits per heavy atom. The van der Waals surface area contributed by atoms with Crippen LogP contribution in [0.5, 0.6) is 0 Å². The summed E-state index contributed by atoms with van der Waals surface area (Å²) in [4.78, 5) is 24.4. The van der Waals surface area contributed by atoms with Crippen LogP contribution in [0.25, 0.3) is 0 Å². The summed E-state index contributed by atoms with van der Waals surface area (Å²) in [5.74, 6) is -0.229. The van der Waals surface area contributed by atoms with Crippen LogP contribution in [0.2, 0.25) is 0 Å². The Morgan fingerprint density at radius 2 is 1.88 bits per heavy atom. The molecule has 1 aromatic carbocycles. The van der Waals surface area contributed by atoms with Crippen molar-refractivity contribution in [3.8, 4) is 0 Å². The molecular weight excluding hydrogens is 368 g/mol. The highest BCUT2D eigenvalue weighted by atomic mass is 32.1. The number of carbonyl (C=O) groups is 2. The molecule has 0 saturated carbocycles. The van der Waals surface area contributed by atoms with Crippen molar-refractivity contribution in [2.24, 2.45) is 0 Å². The summed E-state index contributed by atoms with van der Waals surface area (Å²) in [5, 5.41) is 16.9. The molecule has 3 aromatic rings. The van der Waals surface area contributed by atoms with E-state index in [2.05, 4.69) is 20.8 Å². The molecule has 0 aliphatic heterocycles. The topological polar surface area (TPSA) is 84.0 Å². The van der Waals surface area contributed by atoms with Crippen LogP contribution >= 0.6 is 22.7 Å². The number of anilines is 1. The van der Waals surface area contributed by atoms with Gasteiger partial charge in [0.1, 0.15) is 5.01 Å². The van der Waals surface area contributed by atoms with Gasteiger partial charge in [-0.15, -0.1) is 21.5 Å². The summed E-state index contributed by atoms with van der Waals surface area (Å²) < 4.78 is 0. The number of amides is 2. The van der Waals surface area contributed by atoms with E-state index < -0.39 is 0 Å². The molecule has 0 radical (unpaired) electrons. The maximum absolute atomic E-state index is 12.0. The molecule has 0 bridgehead atoms. The van der Waals surface area contributed by atoms with E-state index in [9.17, 15) is 9.59 Å². The lowest BCUT2D eigenvalue weighted by Gasteiger charge is -2.03. The summed E-state index contributed by atoms with van der Waals surface area (Å²) in [6.45, 7) is 0.458. The van der Waals surface area contributed by atoms with E-state index in [1.165, 1.54) is 22.7 Å². The lowest BCUT2D eigenvalue weighted by molar-refractivity contribution is -0.116. The van der Waals surface area contributed by atoms with Gasteiger partial charge in [-0.25, -0.2) is 0 Å². The minimum absolute atomic E-state index is 0.102. The van der Waals surface area contributed by atoms with Crippen LogP contribution in [0, 0.1) is 0 Å². The summed E-state index contributed by atoms with van der Waals surface area (Å²) >= 11 is 2.77. The quantitative estimate of drug-likeness (QED) is 0.582. The summed E-state index contributed by atoms with van der Waals surface area (Å²) in [6, 6.07) is 13.6. The number of rotatable bonds is 8. The van der Waals surface area contributed by atoms with Gasteiger partial charge in [-0.3, -0.25) is 9.59 Å². The number of hydrogen-bond acceptors (Lipinski definition) is 6. The Bertz CT molecular complexity index is 847. The van der Waals surface area contributed by atoms with Gasteiger partial charge in [-0.1, -0.05) is 47.7 Å². The highest BCUT2D eigenvalue weighted by molar-refractivity contribution is 7.15. The van der Waals surface area contributed by atoms with E-state index >= 15 is 0 Å². The standard InChI is InChI=1S/C18H18N4O2S2/c23-15(9-4-10-19-17(24)14-8-5-11-25-14)20-18-22-21-16(26-18)12-13-6-2-1-3-7-13/h1-3,5-8,11H,4,9-10,12H2,(H,19,24)(H,20,22,23). The molecule has 2 amide bonds. The molecule has 134 valence electrons. The fourth-order valence-corrected chi connectivity index (χ4v) is 3.70. The van der Waals surface area contributed by atoms with Gasteiger partial charge in [0.15, 0.2) is 0 Å². The largest absolute Gasteiger partial charge is 0.351 e. The molecular formula is C18H18N4O2S2. The molecule has 2 heterocycles. The zero-order valence-corrected chi connectivity index (χ0v) is 15.6. The number of aromatic nitrogens is 2. The molecule has 0 aliphatic rings. The van der Waals surface area contributed by atoms with Crippen molar-refractivity contribution in [3.05, 3.63) is 63.3 Å². The first-order valence-corrected chi connectivity index (χ1v) is 9.88. The SMILES string of the molecule is O=C(CCCNC(=O)c1cccs1)Nc1nnc(Cc2ccccc2)s1. The highest BCUT2D eigenvalue weighted by Gasteiger charge is 2.10. The average Bonchev–Trinajstić information content (AvgIpc) is 3.32. The van der Waals surface area contributed by atoms with Crippen LogP contribution in [0.15, 0.2) is 47.8 Å². The average molecular weight is 387 g/mol. The predicted octanol–water partition coefficient (Wildman–Crippen LogP) is 3.34. The lowest BCUT2D eigenvalue weighted by atomic mass is 10.2. The Labute approximate surface area is 159 Å². The van der Waals surface area contributed by atoms with Gasteiger partial charge < -0.3 is 10.6 Å². The molecule has 0 aliphatic carbocycles. The highest BCUT2D eigenvalue weighted by Crippen LogP contribution is 2.18. The number of carbonyl (C=O) groups excluding carboxylic acids is 2. The van der Waals surface area contributed by atoms with Crippen LogP contribution in [0.3, 0.4) is 0 Å². The molecule has 26 heavy (non-hydrogen) atoms. The minimum Gasteiger partial charge on any atom is -0.351 e. The van der Waals surface area contributed by atoms with Gasteiger partial charge in [0.25, 0.3) is 5.91 Å².